The average molecular weight is 306 g/mol. The van der Waals surface area contributed by atoms with Crippen LogP contribution < -0.4 is 0 Å². The molecule has 0 bridgehead atoms. The maximum Gasteiger partial charge on any atom is 0.389 e. The summed E-state index contributed by atoms with van der Waals surface area (Å²) in [6.45, 7) is 0. The SMILES string of the molecule is FC(F)(F)CCCc1nc2cc(-c3ccncc3)ccc2o1. The van der Waals surface area contributed by atoms with Crippen LogP contribution in [0.4, 0.5) is 13.2 Å². The van der Waals surface area contributed by atoms with Gasteiger partial charge >= 0.3 is 6.18 Å². The second-order valence-electron chi connectivity index (χ2n) is 4.99. The van der Waals surface area contributed by atoms with Crippen LogP contribution in [-0.4, -0.2) is 16.1 Å². The lowest BCUT2D eigenvalue weighted by atomic mass is 10.1. The van der Waals surface area contributed by atoms with E-state index in [-0.39, 0.29) is 12.8 Å². The van der Waals surface area contributed by atoms with Gasteiger partial charge in [0, 0.05) is 25.2 Å². The van der Waals surface area contributed by atoms with Crippen LogP contribution in [-0.2, 0) is 6.42 Å². The van der Waals surface area contributed by atoms with Crippen molar-refractivity contribution in [1.29, 1.82) is 0 Å². The molecule has 0 saturated carbocycles. The van der Waals surface area contributed by atoms with E-state index in [9.17, 15) is 13.2 Å². The van der Waals surface area contributed by atoms with Gasteiger partial charge in [0.1, 0.15) is 5.52 Å². The van der Waals surface area contributed by atoms with Gasteiger partial charge in [-0.2, -0.15) is 13.2 Å². The van der Waals surface area contributed by atoms with Gasteiger partial charge in [-0.25, -0.2) is 4.98 Å². The van der Waals surface area contributed by atoms with Gasteiger partial charge in [0.2, 0.25) is 0 Å². The first kappa shape index (κ1) is 14.6. The zero-order chi connectivity index (χ0) is 15.6. The Labute approximate surface area is 124 Å². The second kappa shape index (κ2) is 5.79. The number of oxazole rings is 1. The van der Waals surface area contributed by atoms with Crippen LogP contribution in [0, 0.1) is 0 Å². The number of nitrogens with zero attached hydrogens (tertiary/aromatic N) is 2. The van der Waals surface area contributed by atoms with Gasteiger partial charge in [0.25, 0.3) is 0 Å². The number of aromatic nitrogens is 2. The summed E-state index contributed by atoms with van der Waals surface area (Å²) in [6, 6.07) is 9.30. The van der Waals surface area contributed by atoms with Crippen molar-refractivity contribution < 1.29 is 17.6 Å². The molecule has 2 heterocycles. The van der Waals surface area contributed by atoms with E-state index in [0.717, 1.165) is 11.1 Å². The summed E-state index contributed by atoms with van der Waals surface area (Å²) < 4.78 is 41.9. The quantitative estimate of drug-likeness (QED) is 0.696. The van der Waals surface area contributed by atoms with Gasteiger partial charge in [0.05, 0.1) is 0 Å². The van der Waals surface area contributed by atoms with Crippen molar-refractivity contribution in [2.24, 2.45) is 0 Å². The summed E-state index contributed by atoms with van der Waals surface area (Å²) in [5.74, 6) is 0.339. The van der Waals surface area contributed by atoms with Crippen molar-refractivity contribution in [1.82, 2.24) is 9.97 Å². The van der Waals surface area contributed by atoms with E-state index in [1.807, 2.05) is 24.3 Å². The number of hydrogen-bond donors (Lipinski definition) is 0. The van der Waals surface area contributed by atoms with Gasteiger partial charge in [-0.15, -0.1) is 0 Å². The largest absolute Gasteiger partial charge is 0.441 e. The summed E-state index contributed by atoms with van der Waals surface area (Å²) in [6.07, 6.45) is -1.41. The van der Waals surface area contributed by atoms with Gasteiger partial charge in [-0.05, 0) is 41.8 Å². The Hall–Kier alpha value is -2.37. The molecule has 0 amide bonds. The molecule has 3 aromatic rings. The van der Waals surface area contributed by atoms with Gasteiger partial charge in [-0.3, -0.25) is 4.98 Å². The van der Waals surface area contributed by atoms with Crippen LogP contribution in [0.1, 0.15) is 18.7 Å². The number of aryl methyl sites for hydroxylation is 1. The predicted octanol–water partition coefficient (Wildman–Crippen LogP) is 4.77. The molecular formula is C16H13F3N2O. The second-order valence-corrected chi connectivity index (χ2v) is 4.99. The maximum absolute atomic E-state index is 12.1. The molecule has 114 valence electrons. The fourth-order valence-electron chi connectivity index (χ4n) is 2.25. The molecular weight excluding hydrogens is 293 g/mol. The highest BCUT2D eigenvalue weighted by atomic mass is 19.4. The first-order chi connectivity index (χ1) is 10.5. The minimum absolute atomic E-state index is 0.0203. The Kier molecular flexibility index (Phi) is 3.83. The van der Waals surface area contributed by atoms with E-state index in [4.69, 9.17) is 4.42 Å². The Morgan fingerprint density at radius 3 is 2.50 bits per heavy atom. The molecule has 3 rings (SSSR count). The van der Waals surface area contributed by atoms with E-state index in [2.05, 4.69) is 9.97 Å². The molecule has 0 aliphatic carbocycles. The molecule has 2 aromatic heterocycles. The van der Waals surface area contributed by atoms with Crippen LogP contribution in [0.5, 0.6) is 0 Å². The number of alkyl halides is 3. The predicted molar refractivity (Wildman–Crippen MR) is 76.2 cm³/mol. The minimum Gasteiger partial charge on any atom is -0.441 e. The first-order valence-corrected chi connectivity index (χ1v) is 6.88. The summed E-state index contributed by atoms with van der Waals surface area (Å²) in [4.78, 5) is 8.23. The third-order valence-corrected chi connectivity index (χ3v) is 3.30. The van der Waals surface area contributed by atoms with E-state index in [0.29, 0.717) is 17.0 Å². The van der Waals surface area contributed by atoms with Crippen LogP contribution >= 0.6 is 0 Å². The molecule has 0 radical (unpaired) electrons. The first-order valence-electron chi connectivity index (χ1n) is 6.88. The molecule has 0 aliphatic rings. The van der Waals surface area contributed by atoms with E-state index >= 15 is 0 Å². The fourth-order valence-corrected chi connectivity index (χ4v) is 2.25. The third-order valence-electron chi connectivity index (χ3n) is 3.30. The zero-order valence-corrected chi connectivity index (χ0v) is 11.6. The van der Waals surface area contributed by atoms with Gasteiger partial charge in [0.15, 0.2) is 11.5 Å². The molecule has 1 aromatic carbocycles. The van der Waals surface area contributed by atoms with Crippen LogP contribution in [0.25, 0.3) is 22.2 Å². The topological polar surface area (TPSA) is 38.9 Å². The fraction of sp³-hybridized carbons (Fsp3) is 0.250. The summed E-state index contributed by atoms with van der Waals surface area (Å²) >= 11 is 0. The van der Waals surface area contributed by atoms with Crippen molar-refractivity contribution in [3.8, 4) is 11.1 Å². The molecule has 6 heteroatoms. The number of pyridine rings is 1. The van der Waals surface area contributed by atoms with Crippen molar-refractivity contribution in [2.75, 3.05) is 0 Å². The molecule has 22 heavy (non-hydrogen) atoms. The van der Waals surface area contributed by atoms with E-state index in [1.54, 1.807) is 18.5 Å². The van der Waals surface area contributed by atoms with E-state index < -0.39 is 12.6 Å². The highest BCUT2D eigenvalue weighted by Gasteiger charge is 2.26. The normalized spacial score (nSPS) is 12.0. The van der Waals surface area contributed by atoms with Gasteiger partial charge in [-0.1, -0.05) is 6.07 Å². The zero-order valence-electron chi connectivity index (χ0n) is 11.6. The van der Waals surface area contributed by atoms with Crippen LogP contribution in [0.2, 0.25) is 0 Å². The molecule has 0 atom stereocenters. The highest BCUT2D eigenvalue weighted by molar-refractivity contribution is 5.80. The number of hydrogen-bond acceptors (Lipinski definition) is 3. The monoisotopic (exact) mass is 306 g/mol. The molecule has 0 aliphatic heterocycles. The van der Waals surface area contributed by atoms with Crippen molar-refractivity contribution in [2.45, 2.75) is 25.4 Å². The van der Waals surface area contributed by atoms with Crippen molar-refractivity contribution in [3.63, 3.8) is 0 Å². The van der Waals surface area contributed by atoms with Crippen LogP contribution in [0.15, 0.2) is 47.1 Å². The maximum atomic E-state index is 12.1. The lowest BCUT2D eigenvalue weighted by Crippen LogP contribution is -2.07. The van der Waals surface area contributed by atoms with Gasteiger partial charge < -0.3 is 4.42 Å². The lowest BCUT2D eigenvalue weighted by Gasteiger charge is -2.03. The smallest absolute Gasteiger partial charge is 0.389 e. The Morgan fingerprint density at radius 1 is 1.00 bits per heavy atom. The molecule has 0 saturated heterocycles. The Balaban J connectivity index is 1.79. The molecule has 3 nitrogen and oxygen atoms in total. The van der Waals surface area contributed by atoms with Crippen LogP contribution in [0.3, 0.4) is 0 Å². The Bertz CT molecular complexity index is 766. The Morgan fingerprint density at radius 2 is 1.77 bits per heavy atom. The number of halogens is 3. The minimum atomic E-state index is -4.14. The average Bonchev–Trinajstić information content (AvgIpc) is 2.88. The molecule has 0 N–H and O–H groups in total. The third kappa shape index (κ3) is 3.44. The molecule has 0 spiro atoms. The van der Waals surface area contributed by atoms with Crippen molar-refractivity contribution in [3.05, 3.63) is 48.6 Å². The highest BCUT2D eigenvalue weighted by Crippen LogP contribution is 2.26. The number of fused-ring (bicyclic) bond motifs is 1. The van der Waals surface area contributed by atoms with E-state index in [1.165, 1.54) is 0 Å². The number of rotatable bonds is 4. The molecule has 0 unspecified atom stereocenters. The summed E-state index contributed by atoms with van der Waals surface area (Å²) in [5.41, 5.74) is 3.19. The standard InChI is InChI=1S/C16H13F3N2O/c17-16(18,19)7-1-2-15-21-13-10-12(3-4-14(13)22-15)11-5-8-20-9-6-11/h3-6,8-10H,1-2,7H2. The lowest BCUT2D eigenvalue weighted by molar-refractivity contribution is -0.135. The van der Waals surface area contributed by atoms with Crippen molar-refractivity contribution >= 4 is 11.1 Å². The summed E-state index contributed by atoms with van der Waals surface area (Å²) in [7, 11) is 0. The number of benzene rings is 1. The molecule has 0 fully saturated rings. The summed E-state index contributed by atoms with van der Waals surface area (Å²) in [5, 5.41) is 0.